The largest absolute Gasteiger partial charge is 0.402 e. The number of rotatable bonds is 4. The number of aromatic nitrogens is 1. The van der Waals surface area contributed by atoms with Gasteiger partial charge in [-0.3, -0.25) is 9.69 Å². The van der Waals surface area contributed by atoms with Crippen molar-refractivity contribution in [2.24, 2.45) is 4.99 Å². The van der Waals surface area contributed by atoms with Crippen molar-refractivity contribution in [3.05, 3.63) is 82.7 Å². The van der Waals surface area contributed by atoms with Crippen LogP contribution in [-0.2, 0) is 14.3 Å². The molecule has 0 atom stereocenters. The number of hydrogen-bond acceptors (Lipinski definition) is 6. The molecule has 29 heavy (non-hydrogen) atoms. The van der Waals surface area contributed by atoms with E-state index >= 15 is 0 Å². The molecule has 2 heterocycles. The van der Waals surface area contributed by atoms with Crippen LogP contribution in [0.2, 0.25) is 0 Å². The normalized spacial score (nSPS) is 14.6. The van der Waals surface area contributed by atoms with Gasteiger partial charge in [-0.05, 0) is 30.3 Å². The smallest absolute Gasteiger partial charge is 0.363 e. The first-order valence-corrected chi connectivity index (χ1v) is 9.49. The van der Waals surface area contributed by atoms with Gasteiger partial charge >= 0.3 is 5.97 Å². The van der Waals surface area contributed by atoms with Gasteiger partial charge < -0.3 is 4.74 Å². The lowest BCUT2D eigenvalue weighted by molar-refractivity contribution is -0.130. The Morgan fingerprint density at radius 2 is 1.86 bits per heavy atom. The summed E-state index contributed by atoms with van der Waals surface area (Å²) in [6.45, 7) is 1.45. The number of esters is 1. The predicted octanol–water partition coefficient (Wildman–Crippen LogP) is 4.31. The van der Waals surface area contributed by atoms with E-state index in [9.17, 15) is 14.0 Å². The maximum absolute atomic E-state index is 13.9. The van der Waals surface area contributed by atoms with Crippen molar-refractivity contribution in [2.75, 3.05) is 4.90 Å². The zero-order chi connectivity index (χ0) is 20.4. The zero-order valence-corrected chi connectivity index (χ0v) is 16.0. The number of ether oxygens (including phenoxy) is 1. The highest BCUT2D eigenvalue weighted by Crippen LogP contribution is 2.30. The van der Waals surface area contributed by atoms with Crippen LogP contribution in [0.5, 0.6) is 0 Å². The van der Waals surface area contributed by atoms with E-state index in [1.54, 1.807) is 23.6 Å². The van der Waals surface area contributed by atoms with Crippen molar-refractivity contribution in [1.29, 1.82) is 0 Å². The Hall–Kier alpha value is -3.65. The fourth-order valence-corrected chi connectivity index (χ4v) is 3.59. The number of thiazole rings is 1. The molecule has 0 N–H and O–H groups in total. The van der Waals surface area contributed by atoms with Crippen molar-refractivity contribution in [3.8, 4) is 0 Å². The highest BCUT2D eigenvalue weighted by molar-refractivity contribution is 7.14. The van der Waals surface area contributed by atoms with Crippen molar-refractivity contribution in [2.45, 2.75) is 6.92 Å². The molecule has 4 rings (SSSR count). The quantitative estimate of drug-likeness (QED) is 0.477. The number of carbonyl (C=O) groups excluding carboxylic acids is 2. The molecule has 1 aromatic heterocycles. The molecule has 144 valence electrons. The molecule has 0 fully saturated rings. The Labute approximate surface area is 169 Å². The third kappa shape index (κ3) is 3.83. The minimum atomic E-state index is -0.690. The van der Waals surface area contributed by atoms with Gasteiger partial charge in [0, 0.05) is 12.3 Å². The minimum absolute atomic E-state index is 0.00851. The van der Waals surface area contributed by atoms with E-state index < -0.39 is 11.8 Å². The van der Waals surface area contributed by atoms with Crippen molar-refractivity contribution in [3.63, 3.8) is 0 Å². The summed E-state index contributed by atoms with van der Waals surface area (Å²) in [7, 11) is 0. The van der Waals surface area contributed by atoms with Gasteiger partial charge in [0.05, 0.1) is 16.9 Å². The Kier molecular flexibility index (Phi) is 5.01. The van der Waals surface area contributed by atoms with Gasteiger partial charge in [-0.15, -0.1) is 11.3 Å². The summed E-state index contributed by atoms with van der Waals surface area (Å²) >= 11 is 1.25. The van der Waals surface area contributed by atoms with E-state index in [2.05, 4.69) is 9.98 Å². The van der Waals surface area contributed by atoms with Crippen LogP contribution in [0.25, 0.3) is 6.08 Å². The average molecular weight is 407 g/mol. The van der Waals surface area contributed by atoms with Crippen molar-refractivity contribution >= 4 is 46.0 Å². The lowest BCUT2D eigenvalue weighted by atomic mass is 10.2. The third-order valence-corrected chi connectivity index (χ3v) is 4.88. The minimum Gasteiger partial charge on any atom is -0.402 e. The van der Waals surface area contributed by atoms with Gasteiger partial charge in [0.2, 0.25) is 11.8 Å². The molecule has 0 spiro atoms. The van der Waals surface area contributed by atoms with Crippen LogP contribution in [0, 0.1) is 5.82 Å². The monoisotopic (exact) mass is 407 g/mol. The van der Waals surface area contributed by atoms with Crippen molar-refractivity contribution in [1.82, 2.24) is 4.98 Å². The Morgan fingerprint density at radius 1 is 1.14 bits per heavy atom. The van der Waals surface area contributed by atoms with Crippen LogP contribution in [0.3, 0.4) is 0 Å². The number of para-hydroxylation sites is 1. The molecule has 3 aromatic rings. The molecule has 0 saturated carbocycles. The van der Waals surface area contributed by atoms with Gasteiger partial charge in [-0.1, -0.05) is 30.3 Å². The number of cyclic esters (lactones) is 1. The van der Waals surface area contributed by atoms with Gasteiger partial charge in [0.1, 0.15) is 5.82 Å². The van der Waals surface area contributed by atoms with Gasteiger partial charge in [-0.25, -0.2) is 19.2 Å². The number of anilines is 2. The van der Waals surface area contributed by atoms with Gasteiger partial charge in [-0.2, -0.15) is 0 Å². The number of amides is 1. The lowest BCUT2D eigenvalue weighted by Gasteiger charge is -2.17. The van der Waals surface area contributed by atoms with Gasteiger partial charge in [0.15, 0.2) is 10.8 Å². The predicted molar refractivity (Wildman–Crippen MR) is 108 cm³/mol. The molecule has 6 nitrogen and oxygen atoms in total. The van der Waals surface area contributed by atoms with E-state index in [-0.39, 0.29) is 23.1 Å². The summed E-state index contributed by atoms with van der Waals surface area (Å²) in [6, 6.07) is 15.0. The third-order valence-electron chi connectivity index (χ3n) is 4.04. The summed E-state index contributed by atoms with van der Waals surface area (Å²) in [5.74, 6) is -1.50. The van der Waals surface area contributed by atoms with Crippen LogP contribution in [0.15, 0.2) is 70.7 Å². The summed E-state index contributed by atoms with van der Waals surface area (Å²) in [5.41, 5.74) is 1.25. The summed E-state index contributed by atoms with van der Waals surface area (Å²) in [5, 5.41) is 2.16. The van der Waals surface area contributed by atoms with E-state index in [4.69, 9.17) is 4.74 Å². The number of nitrogens with zero attached hydrogens (tertiary/aromatic N) is 3. The first-order valence-electron chi connectivity index (χ1n) is 8.61. The second-order valence-corrected chi connectivity index (χ2v) is 6.90. The first kappa shape index (κ1) is 18.7. The standard InChI is InChI=1S/C21H14FN3O3S/c1-13(26)25(15-7-3-2-4-8-15)21-23-14(12-29-21)11-18-20(27)28-19(24-18)16-9-5-6-10-17(16)22/h2-12H,1H3/b18-11-. The number of benzene rings is 2. The number of carbonyl (C=O) groups is 2. The summed E-state index contributed by atoms with van der Waals surface area (Å²) < 4.78 is 19.0. The Bertz CT molecular complexity index is 1150. The van der Waals surface area contributed by atoms with E-state index in [1.807, 2.05) is 18.2 Å². The fourth-order valence-electron chi connectivity index (χ4n) is 2.75. The molecule has 8 heteroatoms. The van der Waals surface area contributed by atoms with Gasteiger partial charge in [0.25, 0.3) is 0 Å². The Balaban J connectivity index is 1.64. The second kappa shape index (κ2) is 7.76. The maximum Gasteiger partial charge on any atom is 0.363 e. The van der Waals surface area contributed by atoms with Crippen LogP contribution in [0.1, 0.15) is 18.2 Å². The van der Waals surface area contributed by atoms with Crippen molar-refractivity contribution < 1.29 is 18.7 Å². The molecule has 0 aliphatic carbocycles. The van der Waals surface area contributed by atoms with E-state index in [0.29, 0.717) is 16.5 Å². The molecule has 1 aliphatic rings. The van der Waals surface area contributed by atoms with E-state index in [0.717, 1.165) is 0 Å². The second-order valence-electron chi connectivity index (χ2n) is 6.06. The highest BCUT2D eigenvalue weighted by atomic mass is 32.1. The van der Waals surface area contributed by atoms with Crippen LogP contribution >= 0.6 is 11.3 Å². The lowest BCUT2D eigenvalue weighted by Crippen LogP contribution is -2.22. The molecular formula is C21H14FN3O3S. The number of halogens is 1. The summed E-state index contributed by atoms with van der Waals surface area (Å²) in [6.07, 6.45) is 1.44. The molecule has 1 aliphatic heterocycles. The Morgan fingerprint density at radius 3 is 2.59 bits per heavy atom. The first-order chi connectivity index (χ1) is 14.0. The SMILES string of the molecule is CC(=O)N(c1ccccc1)c1nc(/C=C2\N=C(c3ccccc3F)OC2=O)cs1. The average Bonchev–Trinajstić information content (AvgIpc) is 3.30. The highest BCUT2D eigenvalue weighted by Gasteiger charge is 2.26. The summed E-state index contributed by atoms with van der Waals surface area (Å²) in [4.78, 5) is 34.2. The molecular weight excluding hydrogens is 393 g/mol. The molecule has 0 unspecified atom stereocenters. The molecule has 0 saturated heterocycles. The van der Waals surface area contributed by atoms with E-state index in [1.165, 1.54) is 47.4 Å². The topological polar surface area (TPSA) is 71.9 Å². The zero-order valence-electron chi connectivity index (χ0n) is 15.2. The van der Waals surface area contributed by atoms with Crippen LogP contribution in [-0.4, -0.2) is 22.8 Å². The van der Waals surface area contributed by atoms with Crippen LogP contribution < -0.4 is 4.90 Å². The van der Waals surface area contributed by atoms with Crippen LogP contribution in [0.4, 0.5) is 15.2 Å². The maximum atomic E-state index is 13.9. The molecule has 0 radical (unpaired) electrons. The number of hydrogen-bond donors (Lipinski definition) is 0. The fraction of sp³-hybridized carbons (Fsp3) is 0.0476. The molecule has 1 amide bonds. The number of aliphatic imine (C=N–C) groups is 1. The molecule has 2 aromatic carbocycles. The molecule has 0 bridgehead atoms.